The molecule has 0 aliphatic heterocycles. The molecule has 130 valence electrons. The van der Waals surface area contributed by atoms with E-state index in [0.717, 1.165) is 18.7 Å². The first-order valence-electron chi connectivity index (χ1n) is 8.11. The van der Waals surface area contributed by atoms with Crippen LogP contribution in [0.25, 0.3) is 0 Å². The molecular weight excluding hydrogens is 304 g/mol. The Kier molecular flexibility index (Phi) is 8.82. The van der Waals surface area contributed by atoms with Crippen molar-refractivity contribution in [3.63, 3.8) is 0 Å². The number of nitrogens with one attached hydrogen (secondary N) is 2. The number of benzene rings is 2. The van der Waals surface area contributed by atoms with Crippen LogP contribution in [0.15, 0.2) is 48.5 Å². The molecule has 0 radical (unpaired) electrons. The van der Waals surface area contributed by atoms with E-state index in [-0.39, 0.29) is 11.7 Å². The van der Waals surface area contributed by atoms with Crippen LogP contribution in [-0.2, 0) is 4.79 Å². The van der Waals surface area contributed by atoms with Gasteiger partial charge in [-0.15, -0.1) is 0 Å². The maximum atomic E-state index is 10.5. The Bertz CT molecular complexity index is 612. The highest BCUT2D eigenvalue weighted by Gasteiger charge is 1.96. The summed E-state index contributed by atoms with van der Waals surface area (Å²) in [6, 6.07) is 13.6. The number of phenols is 2. The third kappa shape index (κ3) is 8.08. The van der Waals surface area contributed by atoms with E-state index in [9.17, 15) is 9.90 Å². The first-order valence-corrected chi connectivity index (χ1v) is 8.11. The maximum Gasteiger partial charge on any atom is 0.221 e. The second-order valence-corrected chi connectivity index (χ2v) is 5.38. The highest BCUT2D eigenvalue weighted by atomic mass is 16.3. The summed E-state index contributed by atoms with van der Waals surface area (Å²) in [7, 11) is 0. The zero-order chi connectivity index (χ0) is 17.8. The van der Waals surface area contributed by atoms with E-state index in [4.69, 9.17) is 5.11 Å². The number of carbonyl (C=O) groups is 1. The van der Waals surface area contributed by atoms with Crippen molar-refractivity contribution in [2.24, 2.45) is 0 Å². The molecule has 0 saturated heterocycles. The number of para-hydroxylation sites is 2. The van der Waals surface area contributed by atoms with Gasteiger partial charge in [-0.2, -0.15) is 0 Å². The fourth-order valence-electron chi connectivity index (χ4n) is 1.97. The van der Waals surface area contributed by atoms with Crippen molar-refractivity contribution in [1.29, 1.82) is 0 Å². The first-order chi connectivity index (χ1) is 11.5. The molecule has 4 N–H and O–H groups in total. The second-order valence-electron chi connectivity index (χ2n) is 5.38. The normalized spacial score (nSPS) is 9.58. The van der Waals surface area contributed by atoms with Crippen molar-refractivity contribution in [2.75, 3.05) is 17.2 Å². The summed E-state index contributed by atoms with van der Waals surface area (Å²) in [6.07, 6.45) is 3.62. The summed E-state index contributed by atoms with van der Waals surface area (Å²) < 4.78 is 0. The van der Waals surface area contributed by atoms with Crippen molar-refractivity contribution in [2.45, 2.75) is 33.1 Å². The van der Waals surface area contributed by atoms with Gasteiger partial charge in [-0.25, -0.2) is 0 Å². The largest absolute Gasteiger partial charge is 0.508 e. The highest BCUT2D eigenvalue weighted by molar-refractivity contribution is 5.88. The molecule has 0 fully saturated rings. The number of amides is 1. The van der Waals surface area contributed by atoms with Gasteiger partial charge in [0.25, 0.3) is 0 Å². The Morgan fingerprint density at radius 2 is 1.67 bits per heavy atom. The summed E-state index contributed by atoms with van der Waals surface area (Å²) in [5, 5.41) is 24.1. The Morgan fingerprint density at radius 3 is 2.25 bits per heavy atom. The molecule has 0 aromatic heterocycles. The van der Waals surface area contributed by atoms with E-state index in [1.165, 1.54) is 31.9 Å². The number of anilines is 2. The van der Waals surface area contributed by atoms with Crippen molar-refractivity contribution in [3.8, 4) is 11.5 Å². The van der Waals surface area contributed by atoms with E-state index >= 15 is 0 Å². The molecule has 0 saturated carbocycles. The Balaban J connectivity index is 0.000000243. The number of aromatic hydroxyl groups is 2. The van der Waals surface area contributed by atoms with Crippen LogP contribution < -0.4 is 10.6 Å². The molecule has 0 aliphatic carbocycles. The standard InChI is InChI=1S/C11H17NO.C8H9NO2/c1-2-3-6-9-12-10-7-4-5-8-11(10)13;1-6(10)9-7-2-4-8(11)5-3-7/h4-5,7-8,12-13H,2-3,6,9H2,1H3;2-5,11H,1H3,(H,9,10). The van der Waals surface area contributed by atoms with Gasteiger partial charge < -0.3 is 20.8 Å². The molecule has 0 unspecified atom stereocenters. The lowest BCUT2D eigenvalue weighted by Gasteiger charge is -2.06. The van der Waals surface area contributed by atoms with Crippen LogP contribution in [0.3, 0.4) is 0 Å². The van der Waals surface area contributed by atoms with Crippen LogP contribution in [0, 0.1) is 0 Å². The van der Waals surface area contributed by atoms with E-state index in [1.54, 1.807) is 18.2 Å². The Morgan fingerprint density at radius 1 is 1.00 bits per heavy atom. The van der Waals surface area contributed by atoms with Gasteiger partial charge in [-0.3, -0.25) is 4.79 Å². The van der Waals surface area contributed by atoms with Crippen LogP contribution >= 0.6 is 0 Å². The summed E-state index contributed by atoms with van der Waals surface area (Å²) in [4.78, 5) is 10.5. The molecule has 5 nitrogen and oxygen atoms in total. The van der Waals surface area contributed by atoms with Crippen molar-refractivity contribution in [1.82, 2.24) is 0 Å². The van der Waals surface area contributed by atoms with Crippen molar-refractivity contribution in [3.05, 3.63) is 48.5 Å². The lowest BCUT2D eigenvalue weighted by atomic mass is 10.2. The topological polar surface area (TPSA) is 81.6 Å². The zero-order valence-corrected chi connectivity index (χ0v) is 14.2. The summed E-state index contributed by atoms with van der Waals surface area (Å²) in [5.41, 5.74) is 1.52. The maximum absolute atomic E-state index is 10.5. The number of hydrogen-bond acceptors (Lipinski definition) is 4. The van der Waals surface area contributed by atoms with Gasteiger partial charge in [-0.05, 0) is 42.8 Å². The van der Waals surface area contributed by atoms with Gasteiger partial charge in [0.05, 0.1) is 5.69 Å². The predicted octanol–water partition coefficient (Wildman–Crippen LogP) is 4.34. The summed E-state index contributed by atoms with van der Waals surface area (Å²) >= 11 is 0. The molecule has 2 aromatic carbocycles. The third-order valence-electron chi connectivity index (χ3n) is 3.19. The molecule has 0 heterocycles. The average Bonchev–Trinajstić information content (AvgIpc) is 2.55. The van der Waals surface area contributed by atoms with E-state index in [0.29, 0.717) is 11.4 Å². The smallest absolute Gasteiger partial charge is 0.221 e. The van der Waals surface area contributed by atoms with Gasteiger partial charge >= 0.3 is 0 Å². The van der Waals surface area contributed by atoms with Gasteiger partial charge in [0.2, 0.25) is 5.91 Å². The van der Waals surface area contributed by atoms with Crippen LogP contribution in [0.5, 0.6) is 11.5 Å². The molecule has 24 heavy (non-hydrogen) atoms. The number of phenolic OH excluding ortho intramolecular Hbond substituents is 2. The first kappa shape index (κ1) is 19.4. The molecule has 2 aromatic rings. The van der Waals surface area contributed by atoms with Crippen LogP contribution in [0.1, 0.15) is 33.1 Å². The minimum absolute atomic E-state index is 0.115. The number of unbranched alkanes of at least 4 members (excludes halogenated alkanes) is 2. The molecule has 0 bridgehead atoms. The highest BCUT2D eigenvalue weighted by Crippen LogP contribution is 2.21. The van der Waals surface area contributed by atoms with E-state index in [2.05, 4.69) is 17.6 Å². The van der Waals surface area contributed by atoms with Gasteiger partial charge in [0.1, 0.15) is 11.5 Å². The zero-order valence-electron chi connectivity index (χ0n) is 14.2. The fraction of sp³-hybridized carbons (Fsp3) is 0.316. The molecule has 0 aliphatic rings. The van der Waals surface area contributed by atoms with E-state index in [1.807, 2.05) is 18.2 Å². The molecule has 2 rings (SSSR count). The van der Waals surface area contributed by atoms with Crippen LogP contribution in [-0.4, -0.2) is 22.7 Å². The molecule has 5 heteroatoms. The molecule has 1 amide bonds. The molecular formula is C19H26N2O3. The van der Waals surface area contributed by atoms with Crippen LogP contribution in [0.2, 0.25) is 0 Å². The number of rotatable bonds is 6. The lowest BCUT2D eigenvalue weighted by Crippen LogP contribution is -2.04. The Labute approximate surface area is 143 Å². The van der Waals surface area contributed by atoms with Gasteiger partial charge in [-0.1, -0.05) is 31.9 Å². The number of hydrogen-bond donors (Lipinski definition) is 4. The quantitative estimate of drug-likeness (QED) is 0.361. The lowest BCUT2D eigenvalue weighted by molar-refractivity contribution is -0.114. The van der Waals surface area contributed by atoms with E-state index < -0.39 is 0 Å². The summed E-state index contributed by atoms with van der Waals surface area (Å²) in [6.45, 7) is 4.55. The SMILES string of the molecule is CC(=O)Nc1ccc(O)cc1.CCCCCNc1ccccc1O. The van der Waals surface area contributed by atoms with Crippen molar-refractivity contribution >= 4 is 17.3 Å². The van der Waals surface area contributed by atoms with Crippen LogP contribution in [0.4, 0.5) is 11.4 Å². The third-order valence-corrected chi connectivity index (χ3v) is 3.19. The van der Waals surface area contributed by atoms with Crippen molar-refractivity contribution < 1.29 is 15.0 Å². The second kappa shape index (κ2) is 10.9. The fourth-order valence-corrected chi connectivity index (χ4v) is 1.97. The minimum Gasteiger partial charge on any atom is -0.508 e. The average molecular weight is 330 g/mol. The minimum atomic E-state index is -0.115. The number of carbonyl (C=O) groups excluding carboxylic acids is 1. The molecule has 0 spiro atoms. The molecule has 0 atom stereocenters. The van der Waals surface area contributed by atoms with Gasteiger partial charge in [0.15, 0.2) is 0 Å². The monoisotopic (exact) mass is 330 g/mol. The predicted molar refractivity (Wildman–Crippen MR) is 98.5 cm³/mol. The Hall–Kier alpha value is -2.69. The summed E-state index contributed by atoms with van der Waals surface area (Å²) in [5.74, 6) is 0.411. The van der Waals surface area contributed by atoms with Gasteiger partial charge in [0, 0.05) is 19.2 Å².